The summed E-state index contributed by atoms with van der Waals surface area (Å²) in [5.41, 5.74) is 8.47. The van der Waals surface area contributed by atoms with Gasteiger partial charge in [0.25, 0.3) is 0 Å². The molecule has 0 aliphatic rings. The van der Waals surface area contributed by atoms with E-state index in [1.54, 1.807) is 18.3 Å². The van der Waals surface area contributed by atoms with Crippen LogP contribution in [0, 0.1) is 5.82 Å². The molecule has 2 N–H and O–H groups in total. The van der Waals surface area contributed by atoms with E-state index < -0.39 is 0 Å². The van der Waals surface area contributed by atoms with Crippen LogP contribution in [0.2, 0.25) is 0 Å². The number of aromatic nitrogens is 5. The van der Waals surface area contributed by atoms with Gasteiger partial charge in [-0.2, -0.15) is 5.10 Å². The zero-order valence-corrected chi connectivity index (χ0v) is 18.4. The fourth-order valence-corrected chi connectivity index (χ4v) is 4.14. The molecular weight excluding hydrogens is 413 g/mol. The summed E-state index contributed by atoms with van der Waals surface area (Å²) < 4.78 is 13.8. The average Bonchev–Trinajstić information content (AvgIpc) is 3.43. The van der Waals surface area contributed by atoms with Crippen molar-refractivity contribution in [1.29, 1.82) is 0 Å². The maximum Gasteiger partial charge on any atom is 0.138 e. The van der Waals surface area contributed by atoms with Crippen LogP contribution in [0.4, 0.5) is 4.39 Å². The van der Waals surface area contributed by atoms with Crippen LogP contribution in [-0.2, 0) is 0 Å². The van der Waals surface area contributed by atoms with Crippen molar-refractivity contribution in [3.63, 3.8) is 0 Å². The Hall–Kier alpha value is -4.32. The van der Waals surface area contributed by atoms with Crippen molar-refractivity contribution in [3.05, 3.63) is 96.6 Å². The predicted molar refractivity (Wildman–Crippen MR) is 132 cm³/mol. The zero-order valence-electron chi connectivity index (χ0n) is 18.4. The number of rotatable bonds is 5. The molecule has 0 aliphatic carbocycles. The number of hydrogen-bond donors (Lipinski definition) is 2. The molecule has 0 amide bonds. The van der Waals surface area contributed by atoms with Crippen molar-refractivity contribution in [2.45, 2.75) is 13.8 Å². The van der Waals surface area contributed by atoms with E-state index in [1.165, 1.54) is 12.1 Å². The minimum Gasteiger partial charge on any atom is -0.338 e. The standard InChI is InChI=1S/C27H22FN5/c1-4-7-16(3)19(5-2)22-10-11-23-25(30-22)26(33-32-23)24-15-21-20(12-13-29-27(21)31-24)17-8-6-9-18(28)14-17/h4-15H,1H2,2-3H3,(H,29,31)(H,32,33)/b16-7-,19-5+. The molecule has 0 spiro atoms. The molecule has 0 saturated heterocycles. The number of aromatic amines is 2. The first-order valence-electron chi connectivity index (χ1n) is 10.6. The fourth-order valence-electron chi connectivity index (χ4n) is 4.14. The summed E-state index contributed by atoms with van der Waals surface area (Å²) in [4.78, 5) is 12.7. The van der Waals surface area contributed by atoms with Crippen LogP contribution in [-0.4, -0.2) is 25.1 Å². The molecular formula is C27H22FN5. The molecule has 0 aliphatic heterocycles. The molecule has 0 radical (unpaired) electrons. The van der Waals surface area contributed by atoms with E-state index in [0.29, 0.717) is 11.3 Å². The Labute approximate surface area is 190 Å². The first kappa shape index (κ1) is 20.6. The van der Waals surface area contributed by atoms with Gasteiger partial charge in [-0.3, -0.25) is 5.10 Å². The monoisotopic (exact) mass is 435 g/mol. The molecule has 6 heteroatoms. The van der Waals surface area contributed by atoms with Crippen LogP contribution in [0.15, 0.2) is 85.1 Å². The Balaban J connectivity index is 1.65. The van der Waals surface area contributed by atoms with Crippen molar-refractivity contribution < 1.29 is 4.39 Å². The van der Waals surface area contributed by atoms with Crippen LogP contribution >= 0.6 is 0 Å². The molecule has 0 unspecified atom stereocenters. The third-order valence-corrected chi connectivity index (χ3v) is 5.69. The van der Waals surface area contributed by atoms with Gasteiger partial charge in [0.05, 0.1) is 16.9 Å². The fraction of sp³-hybridized carbons (Fsp3) is 0.0741. The summed E-state index contributed by atoms with van der Waals surface area (Å²) in [6, 6.07) is 14.4. The minimum absolute atomic E-state index is 0.274. The second kappa shape index (κ2) is 8.31. The lowest BCUT2D eigenvalue weighted by molar-refractivity contribution is 0.628. The Morgan fingerprint density at radius 3 is 2.79 bits per heavy atom. The topological polar surface area (TPSA) is 70.2 Å². The average molecular weight is 436 g/mol. The Kier molecular flexibility index (Phi) is 5.18. The van der Waals surface area contributed by atoms with Gasteiger partial charge < -0.3 is 4.98 Å². The zero-order chi connectivity index (χ0) is 22.9. The number of allylic oxidation sites excluding steroid dienone is 5. The number of halogens is 1. The summed E-state index contributed by atoms with van der Waals surface area (Å²) in [5.74, 6) is -0.274. The molecule has 5 nitrogen and oxygen atoms in total. The van der Waals surface area contributed by atoms with E-state index in [-0.39, 0.29) is 5.82 Å². The van der Waals surface area contributed by atoms with E-state index in [2.05, 4.69) is 26.7 Å². The lowest BCUT2D eigenvalue weighted by Crippen LogP contribution is -1.92. The van der Waals surface area contributed by atoms with Crippen LogP contribution in [0.3, 0.4) is 0 Å². The summed E-state index contributed by atoms with van der Waals surface area (Å²) in [6.45, 7) is 7.82. The molecule has 4 aromatic heterocycles. The highest BCUT2D eigenvalue weighted by atomic mass is 19.1. The Morgan fingerprint density at radius 2 is 2.00 bits per heavy atom. The molecule has 33 heavy (non-hydrogen) atoms. The molecule has 0 bridgehead atoms. The lowest BCUT2D eigenvalue weighted by Gasteiger charge is -2.07. The normalized spacial score (nSPS) is 12.6. The van der Waals surface area contributed by atoms with Gasteiger partial charge in [-0.15, -0.1) is 0 Å². The second-order valence-electron chi connectivity index (χ2n) is 7.77. The smallest absolute Gasteiger partial charge is 0.138 e. The van der Waals surface area contributed by atoms with Crippen LogP contribution in [0.25, 0.3) is 50.2 Å². The van der Waals surface area contributed by atoms with Crippen molar-refractivity contribution >= 4 is 27.6 Å². The third kappa shape index (κ3) is 3.65. The van der Waals surface area contributed by atoms with Gasteiger partial charge in [0.1, 0.15) is 22.7 Å². The predicted octanol–water partition coefficient (Wildman–Crippen LogP) is 6.84. The molecule has 0 atom stereocenters. The van der Waals surface area contributed by atoms with E-state index in [0.717, 1.165) is 50.1 Å². The van der Waals surface area contributed by atoms with E-state index >= 15 is 0 Å². The summed E-state index contributed by atoms with van der Waals surface area (Å²) in [7, 11) is 0. The van der Waals surface area contributed by atoms with Crippen molar-refractivity contribution in [2.75, 3.05) is 0 Å². The third-order valence-electron chi connectivity index (χ3n) is 5.69. The van der Waals surface area contributed by atoms with Gasteiger partial charge in [0.15, 0.2) is 0 Å². The lowest BCUT2D eigenvalue weighted by atomic mass is 10.0. The second-order valence-corrected chi connectivity index (χ2v) is 7.77. The summed E-state index contributed by atoms with van der Waals surface area (Å²) in [6.07, 6.45) is 7.50. The van der Waals surface area contributed by atoms with Crippen LogP contribution in [0.5, 0.6) is 0 Å². The largest absolute Gasteiger partial charge is 0.338 e. The van der Waals surface area contributed by atoms with Gasteiger partial charge in [-0.25, -0.2) is 14.4 Å². The van der Waals surface area contributed by atoms with Crippen molar-refractivity contribution in [3.8, 4) is 22.5 Å². The molecule has 162 valence electrons. The molecule has 0 fully saturated rings. The van der Waals surface area contributed by atoms with E-state index in [4.69, 9.17) is 4.98 Å². The summed E-state index contributed by atoms with van der Waals surface area (Å²) >= 11 is 0. The maximum atomic E-state index is 13.8. The number of fused-ring (bicyclic) bond motifs is 2. The quantitative estimate of drug-likeness (QED) is 0.297. The SMILES string of the molecule is C=C/C=C(C)\C(=C/C)c1ccc2[nH]nc(-c3cc4c(-c5cccc(F)c5)ccnc4[nH]3)c2n1. The van der Waals surface area contributed by atoms with E-state index in [9.17, 15) is 4.39 Å². The van der Waals surface area contributed by atoms with Gasteiger partial charge >= 0.3 is 0 Å². The summed E-state index contributed by atoms with van der Waals surface area (Å²) in [5, 5.41) is 8.49. The molecule has 4 heterocycles. The van der Waals surface area contributed by atoms with Crippen LogP contribution in [0.1, 0.15) is 19.5 Å². The number of nitrogens with zero attached hydrogens (tertiary/aromatic N) is 3. The van der Waals surface area contributed by atoms with Crippen molar-refractivity contribution in [2.24, 2.45) is 0 Å². The number of benzene rings is 1. The first-order valence-corrected chi connectivity index (χ1v) is 10.6. The van der Waals surface area contributed by atoms with E-state index in [1.807, 2.05) is 56.3 Å². The number of hydrogen-bond acceptors (Lipinski definition) is 3. The van der Waals surface area contributed by atoms with Gasteiger partial charge in [0, 0.05) is 11.6 Å². The number of H-pyrrole nitrogens is 2. The number of pyridine rings is 2. The Bertz CT molecular complexity index is 1570. The molecule has 5 rings (SSSR count). The highest BCUT2D eigenvalue weighted by Gasteiger charge is 2.16. The first-order chi connectivity index (χ1) is 16.1. The maximum absolute atomic E-state index is 13.8. The highest BCUT2D eigenvalue weighted by Crippen LogP contribution is 2.33. The number of nitrogens with one attached hydrogen (secondary N) is 2. The van der Waals surface area contributed by atoms with Crippen molar-refractivity contribution in [1.82, 2.24) is 25.1 Å². The van der Waals surface area contributed by atoms with Gasteiger partial charge in [-0.1, -0.05) is 36.9 Å². The minimum atomic E-state index is -0.274. The molecule has 0 saturated carbocycles. The molecule has 1 aromatic carbocycles. The van der Waals surface area contributed by atoms with Crippen LogP contribution < -0.4 is 0 Å². The van der Waals surface area contributed by atoms with Gasteiger partial charge in [0.2, 0.25) is 0 Å². The van der Waals surface area contributed by atoms with Gasteiger partial charge in [-0.05, 0) is 72.5 Å². The molecule has 5 aromatic rings. The Morgan fingerprint density at radius 1 is 1.12 bits per heavy atom. The highest BCUT2D eigenvalue weighted by molar-refractivity contribution is 5.99.